The first-order valence-electron chi connectivity index (χ1n) is 21.0. The second-order valence-electron chi connectivity index (χ2n) is 16.5. The molecule has 0 unspecified atom stereocenters. The number of pyridine rings is 2. The van der Waals surface area contributed by atoms with Gasteiger partial charge in [-0.05, 0) is 23.1 Å². The van der Waals surface area contributed by atoms with Gasteiger partial charge in [0.15, 0.2) is 0 Å². The maximum Gasteiger partial charge on any atom is 0.227 e. The molecule has 2 fully saturated rings. The van der Waals surface area contributed by atoms with Crippen LogP contribution >= 0.6 is 0 Å². The van der Waals surface area contributed by atoms with E-state index in [1.165, 1.54) is 0 Å². The monoisotopic (exact) mass is 810 g/mol. The fourth-order valence-electron chi connectivity index (χ4n) is 7.75. The molecule has 2 saturated heterocycles. The standard InChI is InChI=1S/C23H24N6O.C21H28N6O.C2H6/c1-26-16-20(14-24-26)19-7-8-21-22(15-25-29(21)17-19)27-9-11-28(12-10-27)23(30)13-18-5-3-2-4-6-18;1-21(2,3)11-20(28)26-9-7-25(8-10-26)19-13-23-27-15-16(5-6-18(19)27)17-12-22-24(4)14-17;1-2/h2-8,14-17H,9-13H2,1H3;5-6,12-15H,7-11H2,1-4H3;1-2H3. The van der Waals surface area contributed by atoms with Gasteiger partial charge in [0.25, 0.3) is 0 Å². The van der Waals surface area contributed by atoms with Gasteiger partial charge in [-0.15, -0.1) is 0 Å². The number of fused-ring (bicyclic) bond motifs is 2. The summed E-state index contributed by atoms with van der Waals surface area (Å²) in [6.07, 6.45) is 16.7. The molecular weight excluding hydrogens is 753 g/mol. The SMILES string of the molecule is CC.Cn1cc(-c2ccc3c(N4CCN(C(=O)CC(C)(C)C)CC4)cnn3c2)cn1.Cn1cc(-c2ccc3c(N4CCN(C(=O)Cc5ccccc5)CC4)cnn3c2)cn1. The Labute approximate surface area is 352 Å². The van der Waals surface area contributed by atoms with Gasteiger partial charge in [-0.3, -0.25) is 19.0 Å². The Hall–Kier alpha value is -6.44. The summed E-state index contributed by atoms with van der Waals surface area (Å²) in [6.45, 7) is 16.6. The summed E-state index contributed by atoms with van der Waals surface area (Å²) in [6, 6.07) is 18.4. The summed E-state index contributed by atoms with van der Waals surface area (Å²) in [7, 11) is 3.83. The summed E-state index contributed by atoms with van der Waals surface area (Å²) in [5, 5.41) is 17.6. The minimum Gasteiger partial charge on any atom is -0.365 e. The van der Waals surface area contributed by atoms with Crippen molar-refractivity contribution in [1.29, 1.82) is 0 Å². The maximum absolute atomic E-state index is 12.6. The van der Waals surface area contributed by atoms with Gasteiger partial charge >= 0.3 is 0 Å². The maximum atomic E-state index is 12.6. The van der Waals surface area contributed by atoms with Crippen LogP contribution in [-0.4, -0.2) is 113 Å². The first-order chi connectivity index (χ1) is 29.0. The van der Waals surface area contributed by atoms with Crippen LogP contribution in [0.5, 0.6) is 0 Å². The first kappa shape index (κ1) is 41.7. The number of anilines is 2. The highest BCUT2D eigenvalue weighted by molar-refractivity contribution is 5.80. The van der Waals surface area contributed by atoms with E-state index < -0.39 is 0 Å². The number of aromatic nitrogens is 8. The van der Waals surface area contributed by atoms with E-state index in [9.17, 15) is 9.59 Å². The van der Waals surface area contributed by atoms with Crippen LogP contribution in [0.3, 0.4) is 0 Å². The number of nitrogens with zero attached hydrogens (tertiary/aromatic N) is 12. The van der Waals surface area contributed by atoms with Gasteiger partial charge in [0.1, 0.15) is 0 Å². The molecule has 2 amide bonds. The average molecular weight is 811 g/mol. The topological polar surface area (TPSA) is 117 Å². The normalized spacial score (nSPS) is 14.5. The van der Waals surface area contributed by atoms with Crippen molar-refractivity contribution in [3.8, 4) is 22.3 Å². The Morgan fingerprint density at radius 1 is 0.533 bits per heavy atom. The third kappa shape index (κ3) is 9.70. The van der Waals surface area contributed by atoms with Crippen LogP contribution in [-0.2, 0) is 30.1 Å². The van der Waals surface area contributed by atoms with Crippen molar-refractivity contribution in [2.45, 2.75) is 47.5 Å². The van der Waals surface area contributed by atoms with Gasteiger partial charge in [-0.1, -0.05) is 77.1 Å². The summed E-state index contributed by atoms with van der Waals surface area (Å²) in [5.41, 5.74) is 9.82. The molecule has 9 rings (SSSR count). The van der Waals surface area contributed by atoms with E-state index in [0.29, 0.717) is 12.8 Å². The van der Waals surface area contributed by atoms with Gasteiger partial charge < -0.3 is 19.6 Å². The number of hydrogen-bond acceptors (Lipinski definition) is 8. The van der Waals surface area contributed by atoms with Crippen molar-refractivity contribution < 1.29 is 9.59 Å². The summed E-state index contributed by atoms with van der Waals surface area (Å²) < 4.78 is 7.44. The van der Waals surface area contributed by atoms with Crippen LogP contribution in [0.1, 0.15) is 46.6 Å². The number of hydrogen-bond donors (Lipinski definition) is 0. The number of amides is 2. The van der Waals surface area contributed by atoms with E-state index in [0.717, 1.165) is 103 Å². The van der Waals surface area contributed by atoms with Crippen LogP contribution in [0, 0.1) is 5.41 Å². The van der Waals surface area contributed by atoms with Gasteiger partial charge in [0, 0.05) is 120 Å². The second kappa shape index (κ2) is 18.2. The molecule has 14 heteroatoms. The summed E-state index contributed by atoms with van der Waals surface area (Å²) >= 11 is 0. The quantitative estimate of drug-likeness (QED) is 0.180. The molecule has 314 valence electrons. The molecule has 0 radical (unpaired) electrons. The van der Waals surface area contributed by atoms with Crippen LogP contribution in [0.2, 0.25) is 0 Å². The van der Waals surface area contributed by atoms with Gasteiger partial charge in [-0.2, -0.15) is 20.4 Å². The molecule has 0 aliphatic carbocycles. The minimum atomic E-state index is 0.0304. The third-order valence-corrected chi connectivity index (χ3v) is 10.9. The molecule has 60 heavy (non-hydrogen) atoms. The molecule has 0 spiro atoms. The average Bonchev–Trinajstić information content (AvgIpc) is 4.08. The number of carbonyl (C=O) groups is 2. The second-order valence-corrected chi connectivity index (χ2v) is 16.5. The van der Waals surface area contributed by atoms with E-state index in [1.54, 1.807) is 9.36 Å². The fourth-order valence-corrected chi connectivity index (χ4v) is 7.75. The van der Waals surface area contributed by atoms with Crippen molar-refractivity contribution in [2.75, 3.05) is 62.2 Å². The lowest BCUT2D eigenvalue weighted by molar-refractivity contribution is -0.133. The molecule has 6 aromatic heterocycles. The first-order valence-corrected chi connectivity index (χ1v) is 21.0. The van der Waals surface area contributed by atoms with Crippen LogP contribution in [0.4, 0.5) is 11.4 Å². The molecule has 2 aliphatic heterocycles. The number of rotatable bonds is 7. The van der Waals surface area contributed by atoms with Crippen LogP contribution in [0.25, 0.3) is 33.3 Å². The van der Waals surface area contributed by atoms with Crippen molar-refractivity contribution in [3.63, 3.8) is 0 Å². The van der Waals surface area contributed by atoms with E-state index in [4.69, 9.17) is 0 Å². The zero-order valence-corrected chi connectivity index (χ0v) is 36.1. The third-order valence-electron chi connectivity index (χ3n) is 10.9. The van der Waals surface area contributed by atoms with Gasteiger partial charge in [0.2, 0.25) is 11.8 Å². The van der Waals surface area contributed by atoms with Crippen molar-refractivity contribution in [1.82, 2.24) is 48.6 Å². The Morgan fingerprint density at radius 3 is 1.40 bits per heavy atom. The number of piperazine rings is 2. The lowest BCUT2D eigenvalue weighted by Gasteiger charge is -2.36. The molecule has 8 heterocycles. The Kier molecular flexibility index (Phi) is 12.7. The Bertz CT molecular complexity index is 2510. The predicted octanol–water partition coefficient (Wildman–Crippen LogP) is 6.47. The molecular formula is C46H58N12O2. The van der Waals surface area contributed by atoms with E-state index >= 15 is 0 Å². The van der Waals surface area contributed by atoms with Gasteiger partial charge in [-0.25, -0.2) is 9.03 Å². The number of aryl methyl sites for hydroxylation is 2. The van der Waals surface area contributed by atoms with Gasteiger partial charge in [0.05, 0.1) is 53.6 Å². The van der Waals surface area contributed by atoms with E-state index in [-0.39, 0.29) is 17.2 Å². The fraction of sp³-hybridized carbons (Fsp3) is 0.391. The number of carbonyl (C=O) groups excluding carboxylic acids is 2. The predicted molar refractivity (Wildman–Crippen MR) is 238 cm³/mol. The van der Waals surface area contributed by atoms with E-state index in [1.807, 2.05) is 127 Å². The number of benzene rings is 1. The Morgan fingerprint density at radius 2 is 0.983 bits per heavy atom. The molecule has 0 N–H and O–H groups in total. The molecule has 2 aliphatic rings. The van der Waals surface area contributed by atoms with Crippen molar-refractivity contribution in [3.05, 3.63) is 110 Å². The van der Waals surface area contributed by atoms with Crippen molar-refractivity contribution >= 4 is 34.2 Å². The molecule has 1 aromatic carbocycles. The lowest BCUT2D eigenvalue weighted by Crippen LogP contribution is -2.49. The molecule has 0 saturated carbocycles. The lowest BCUT2D eigenvalue weighted by atomic mass is 9.91. The highest BCUT2D eigenvalue weighted by Gasteiger charge is 2.27. The molecule has 0 atom stereocenters. The largest absolute Gasteiger partial charge is 0.365 e. The zero-order chi connectivity index (χ0) is 42.4. The molecule has 0 bridgehead atoms. The highest BCUT2D eigenvalue weighted by Crippen LogP contribution is 2.29. The van der Waals surface area contributed by atoms with Crippen LogP contribution in [0.15, 0.2) is 104 Å². The highest BCUT2D eigenvalue weighted by atomic mass is 16.2. The Balaban J connectivity index is 0.000000175. The molecule has 7 aromatic rings. The minimum absolute atomic E-state index is 0.0304. The summed E-state index contributed by atoms with van der Waals surface area (Å²) in [5.74, 6) is 0.454. The smallest absolute Gasteiger partial charge is 0.227 e. The van der Waals surface area contributed by atoms with Crippen LogP contribution < -0.4 is 9.80 Å². The zero-order valence-electron chi connectivity index (χ0n) is 36.1. The summed E-state index contributed by atoms with van der Waals surface area (Å²) in [4.78, 5) is 33.7. The molecule has 14 nitrogen and oxygen atoms in total. The van der Waals surface area contributed by atoms with Crippen molar-refractivity contribution in [2.24, 2.45) is 19.5 Å². The van der Waals surface area contributed by atoms with E-state index in [2.05, 4.69) is 75.2 Å².